The second-order valence-electron chi connectivity index (χ2n) is 5.54. The lowest BCUT2D eigenvalue weighted by molar-refractivity contribution is 0.0489. The van der Waals surface area contributed by atoms with E-state index in [4.69, 9.17) is 4.74 Å². The largest absolute Gasteiger partial charge is 0.508 e. The third-order valence-electron chi connectivity index (χ3n) is 2.30. The first-order valence-electron chi connectivity index (χ1n) is 6.29. The molecule has 0 aromatic heterocycles. The predicted molar refractivity (Wildman–Crippen MR) is 73.8 cm³/mol. The molecule has 19 heavy (non-hydrogen) atoms. The Hall–Kier alpha value is -1.75. The minimum Gasteiger partial charge on any atom is -0.508 e. The Morgan fingerprint density at radius 2 is 1.89 bits per heavy atom. The van der Waals surface area contributed by atoms with Crippen molar-refractivity contribution in [3.63, 3.8) is 0 Å². The summed E-state index contributed by atoms with van der Waals surface area (Å²) in [6.07, 6.45) is 0.237. The van der Waals surface area contributed by atoms with E-state index in [0.29, 0.717) is 0 Å². The highest BCUT2D eigenvalue weighted by molar-refractivity contribution is 5.67. The van der Waals surface area contributed by atoms with Gasteiger partial charge in [0.2, 0.25) is 0 Å². The summed E-state index contributed by atoms with van der Waals surface area (Å²) in [5.41, 5.74) is 5.96. The summed E-state index contributed by atoms with van der Waals surface area (Å²) in [5.74, 6) is 0.247. The Morgan fingerprint density at radius 1 is 1.32 bits per heavy atom. The number of carbonyl (C=O) groups excluding carboxylic acids is 1. The quantitative estimate of drug-likeness (QED) is 0.732. The topological polar surface area (TPSA) is 70.6 Å². The zero-order chi connectivity index (χ0) is 14.5. The molecule has 1 amide bonds. The maximum atomic E-state index is 11.4. The van der Waals surface area contributed by atoms with Gasteiger partial charge in [0.05, 0.1) is 0 Å². The molecule has 3 N–H and O–H groups in total. The molecular formula is C14H22N2O3. The SMILES string of the molecule is CC(Cc1ccc(O)cc1)NNC(=O)OC(C)(C)C. The zero-order valence-electron chi connectivity index (χ0n) is 11.9. The van der Waals surface area contributed by atoms with Crippen molar-refractivity contribution < 1.29 is 14.6 Å². The van der Waals surface area contributed by atoms with Gasteiger partial charge in [-0.3, -0.25) is 5.43 Å². The number of hydrazine groups is 1. The van der Waals surface area contributed by atoms with Crippen LogP contribution in [0, 0.1) is 0 Å². The zero-order valence-corrected chi connectivity index (χ0v) is 11.9. The fourth-order valence-corrected chi connectivity index (χ4v) is 1.52. The average molecular weight is 266 g/mol. The van der Waals surface area contributed by atoms with Crippen molar-refractivity contribution in [2.75, 3.05) is 0 Å². The van der Waals surface area contributed by atoms with Crippen molar-refractivity contribution in [2.45, 2.75) is 45.8 Å². The van der Waals surface area contributed by atoms with Gasteiger partial charge in [-0.25, -0.2) is 10.2 Å². The van der Waals surface area contributed by atoms with E-state index in [-0.39, 0.29) is 11.8 Å². The molecule has 1 rings (SSSR count). The molecule has 0 fully saturated rings. The number of hydrogen-bond donors (Lipinski definition) is 3. The van der Waals surface area contributed by atoms with Gasteiger partial charge in [-0.05, 0) is 51.8 Å². The average Bonchev–Trinajstić information content (AvgIpc) is 2.27. The molecule has 0 aliphatic heterocycles. The number of nitrogens with one attached hydrogen (secondary N) is 2. The normalized spacial score (nSPS) is 12.8. The first kappa shape index (κ1) is 15.3. The van der Waals surface area contributed by atoms with Crippen LogP contribution in [0.4, 0.5) is 4.79 Å². The van der Waals surface area contributed by atoms with Gasteiger partial charge in [-0.2, -0.15) is 0 Å². The molecule has 0 radical (unpaired) electrons. The fourth-order valence-electron chi connectivity index (χ4n) is 1.52. The van der Waals surface area contributed by atoms with E-state index < -0.39 is 11.7 Å². The van der Waals surface area contributed by atoms with Gasteiger partial charge in [-0.1, -0.05) is 12.1 Å². The summed E-state index contributed by atoms with van der Waals surface area (Å²) < 4.78 is 5.11. The van der Waals surface area contributed by atoms with Crippen molar-refractivity contribution in [1.29, 1.82) is 0 Å². The standard InChI is InChI=1S/C14H22N2O3/c1-10(9-11-5-7-12(17)8-6-11)15-16-13(18)19-14(2,3)4/h5-8,10,15,17H,9H2,1-4H3,(H,16,18). The molecule has 0 heterocycles. The van der Waals surface area contributed by atoms with Crippen LogP contribution in [0.5, 0.6) is 5.75 Å². The lowest BCUT2D eigenvalue weighted by atomic mass is 10.1. The van der Waals surface area contributed by atoms with Crippen LogP contribution in [0.25, 0.3) is 0 Å². The number of benzene rings is 1. The number of phenols is 1. The third-order valence-corrected chi connectivity index (χ3v) is 2.30. The summed E-state index contributed by atoms with van der Waals surface area (Å²) in [4.78, 5) is 11.4. The molecule has 1 unspecified atom stereocenters. The van der Waals surface area contributed by atoms with Gasteiger partial charge in [0, 0.05) is 6.04 Å². The van der Waals surface area contributed by atoms with Crippen molar-refractivity contribution in [3.8, 4) is 5.75 Å². The Kier molecular flexibility index (Phi) is 5.18. The lowest BCUT2D eigenvalue weighted by Crippen LogP contribution is -2.46. The van der Waals surface area contributed by atoms with Crippen LogP contribution in [-0.2, 0) is 11.2 Å². The van der Waals surface area contributed by atoms with Crippen LogP contribution < -0.4 is 10.9 Å². The number of ether oxygens (including phenoxy) is 1. The van der Waals surface area contributed by atoms with Crippen LogP contribution in [-0.4, -0.2) is 22.8 Å². The molecule has 5 heteroatoms. The van der Waals surface area contributed by atoms with Crippen molar-refractivity contribution in [2.24, 2.45) is 0 Å². The molecule has 1 aromatic rings. The smallest absolute Gasteiger partial charge is 0.422 e. The van der Waals surface area contributed by atoms with Crippen LogP contribution in [0.15, 0.2) is 24.3 Å². The van der Waals surface area contributed by atoms with E-state index in [0.717, 1.165) is 12.0 Å². The number of carbonyl (C=O) groups is 1. The second kappa shape index (κ2) is 6.43. The van der Waals surface area contributed by atoms with Gasteiger partial charge in [0.25, 0.3) is 0 Å². The van der Waals surface area contributed by atoms with Gasteiger partial charge in [0.15, 0.2) is 0 Å². The number of aromatic hydroxyl groups is 1. The first-order valence-corrected chi connectivity index (χ1v) is 6.29. The second-order valence-corrected chi connectivity index (χ2v) is 5.54. The molecule has 0 saturated heterocycles. The molecule has 1 aromatic carbocycles. The van der Waals surface area contributed by atoms with Gasteiger partial charge in [0.1, 0.15) is 11.4 Å². The molecule has 0 aliphatic rings. The van der Waals surface area contributed by atoms with Crippen LogP contribution in [0.1, 0.15) is 33.3 Å². The molecule has 0 saturated carbocycles. The van der Waals surface area contributed by atoms with Crippen molar-refractivity contribution in [1.82, 2.24) is 10.9 Å². The maximum Gasteiger partial charge on any atom is 0.422 e. The minimum atomic E-state index is -0.508. The molecule has 5 nitrogen and oxygen atoms in total. The third kappa shape index (κ3) is 6.67. The highest BCUT2D eigenvalue weighted by Crippen LogP contribution is 2.11. The Balaban J connectivity index is 2.33. The molecule has 0 aliphatic carbocycles. The van der Waals surface area contributed by atoms with Crippen molar-refractivity contribution in [3.05, 3.63) is 29.8 Å². The van der Waals surface area contributed by atoms with E-state index >= 15 is 0 Å². The number of hydrogen-bond acceptors (Lipinski definition) is 4. The Morgan fingerprint density at radius 3 is 2.42 bits per heavy atom. The van der Waals surface area contributed by atoms with Gasteiger partial charge >= 0.3 is 6.09 Å². The molecule has 0 bridgehead atoms. The summed E-state index contributed by atoms with van der Waals surface area (Å²) in [7, 11) is 0. The molecule has 106 valence electrons. The highest BCUT2D eigenvalue weighted by Gasteiger charge is 2.16. The monoisotopic (exact) mass is 266 g/mol. The van der Waals surface area contributed by atoms with E-state index in [2.05, 4.69) is 10.9 Å². The van der Waals surface area contributed by atoms with E-state index in [1.807, 2.05) is 39.8 Å². The summed E-state index contributed by atoms with van der Waals surface area (Å²) >= 11 is 0. The summed E-state index contributed by atoms with van der Waals surface area (Å²) in [6, 6.07) is 7.03. The van der Waals surface area contributed by atoms with Crippen LogP contribution >= 0.6 is 0 Å². The summed E-state index contributed by atoms with van der Waals surface area (Å²) in [5, 5.41) is 9.19. The number of amides is 1. The van der Waals surface area contributed by atoms with Crippen LogP contribution in [0.3, 0.4) is 0 Å². The maximum absolute atomic E-state index is 11.4. The van der Waals surface area contributed by atoms with Gasteiger partial charge in [-0.15, -0.1) is 0 Å². The van der Waals surface area contributed by atoms with E-state index in [9.17, 15) is 9.90 Å². The van der Waals surface area contributed by atoms with Gasteiger partial charge < -0.3 is 9.84 Å². The molecular weight excluding hydrogens is 244 g/mol. The van der Waals surface area contributed by atoms with Crippen molar-refractivity contribution >= 4 is 6.09 Å². The summed E-state index contributed by atoms with van der Waals surface area (Å²) in [6.45, 7) is 7.38. The van der Waals surface area contributed by atoms with E-state index in [1.165, 1.54) is 0 Å². The fraction of sp³-hybridized carbons (Fsp3) is 0.500. The predicted octanol–water partition coefficient (Wildman–Crippen LogP) is 2.35. The van der Waals surface area contributed by atoms with E-state index in [1.54, 1.807) is 12.1 Å². The Labute approximate surface area is 113 Å². The molecule has 1 atom stereocenters. The van der Waals surface area contributed by atoms with Crippen LogP contribution in [0.2, 0.25) is 0 Å². The lowest BCUT2D eigenvalue weighted by Gasteiger charge is -2.21. The highest BCUT2D eigenvalue weighted by atomic mass is 16.6. The molecule has 0 spiro atoms. The number of phenolic OH excluding ortho intramolecular Hbond substituents is 1. The first-order chi connectivity index (χ1) is 8.76. The number of rotatable bonds is 4. The minimum absolute atomic E-state index is 0.0528. The Bertz CT molecular complexity index is 410.